The van der Waals surface area contributed by atoms with Gasteiger partial charge in [-0.2, -0.15) is 0 Å². The molecule has 1 aromatic carbocycles. The summed E-state index contributed by atoms with van der Waals surface area (Å²) < 4.78 is 6.63. The topological polar surface area (TPSA) is 21.3 Å². The lowest BCUT2D eigenvalue weighted by molar-refractivity contribution is -0.305. The Labute approximate surface area is 141 Å². The number of nitrogens with one attached hydrogen (secondary N) is 1. The number of ether oxygens (including phenoxy) is 1. The van der Waals surface area contributed by atoms with Gasteiger partial charge in [0.15, 0.2) is 0 Å². The summed E-state index contributed by atoms with van der Waals surface area (Å²) in [6.07, 6.45) is 3.96. The van der Waals surface area contributed by atoms with Gasteiger partial charge in [-0.1, -0.05) is 57.5 Å². The van der Waals surface area contributed by atoms with Gasteiger partial charge in [-0.15, -0.1) is 0 Å². The lowest BCUT2D eigenvalue weighted by Gasteiger charge is -2.74. The summed E-state index contributed by atoms with van der Waals surface area (Å²) in [6.45, 7) is 12.6. The third-order valence-corrected chi connectivity index (χ3v) is 6.63. The molecule has 1 N–H and O–H groups in total. The van der Waals surface area contributed by atoms with E-state index in [-0.39, 0.29) is 11.3 Å². The van der Waals surface area contributed by atoms with Crippen molar-refractivity contribution in [2.75, 3.05) is 6.61 Å². The molecule has 126 valence electrons. The van der Waals surface area contributed by atoms with Crippen LogP contribution >= 0.6 is 0 Å². The minimum atomic E-state index is -0.159. The van der Waals surface area contributed by atoms with Crippen LogP contribution in [-0.2, 0) is 4.74 Å². The second kappa shape index (κ2) is 4.61. The highest BCUT2D eigenvalue weighted by Gasteiger charge is 2.78. The monoisotopic (exact) mass is 313 g/mol. The molecule has 0 amide bonds. The van der Waals surface area contributed by atoms with Gasteiger partial charge in [0, 0.05) is 16.9 Å². The van der Waals surface area contributed by atoms with Gasteiger partial charge in [0.2, 0.25) is 0 Å². The van der Waals surface area contributed by atoms with Crippen molar-refractivity contribution >= 4 is 0 Å². The molecule has 1 heterocycles. The average Bonchev–Trinajstić information content (AvgIpc) is 2.73. The summed E-state index contributed by atoms with van der Waals surface area (Å²) in [4.78, 5) is 0. The lowest BCUT2D eigenvalue weighted by atomic mass is 9.34. The largest absolute Gasteiger partial charge is 0.357 e. The zero-order chi connectivity index (χ0) is 16.5. The van der Waals surface area contributed by atoms with Crippen molar-refractivity contribution in [1.82, 2.24) is 5.32 Å². The van der Waals surface area contributed by atoms with E-state index in [1.165, 1.54) is 24.8 Å². The second-order valence-electron chi connectivity index (χ2n) is 9.77. The minimum Gasteiger partial charge on any atom is -0.357 e. The summed E-state index contributed by atoms with van der Waals surface area (Å²) in [5, 5.41) is 3.96. The Morgan fingerprint density at radius 3 is 2.17 bits per heavy atom. The van der Waals surface area contributed by atoms with E-state index >= 15 is 0 Å². The van der Waals surface area contributed by atoms with E-state index in [0.717, 1.165) is 6.61 Å². The van der Waals surface area contributed by atoms with Crippen LogP contribution in [0.3, 0.4) is 0 Å². The molecule has 2 nitrogen and oxygen atoms in total. The van der Waals surface area contributed by atoms with Crippen LogP contribution in [0.1, 0.15) is 65.4 Å². The highest BCUT2D eigenvalue weighted by molar-refractivity contribution is 5.38. The van der Waals surface area contributed by atoms with Gasteiger partial charge in [0.25, 0.3) is 0 Å². The molecule has 3 atom stereocenters. The molecule has 4 rings (SSSR count). The van der Waals surface area contributed by atoms with Gasteiger partial charge < -0.3 is 4.74 Å². The summed E-state index contributed by atoms with van der Waals surface area (Å²) >= 11 is 0. The minimum absolute atomic E-state index is 0.0679. The van der Waals surface area contributed by atoms with Crippen LogP contribution in [-0.4, -0.2) is 17.9 Å². The molecule has 0 bridgehead atoms. The van der Waals surface area contributed by atoms with E-state index in [2.05, 4.69) is 70.3 Å². The molecule has 2 aliphatic carbocycles. The molecule has 2 heteroatoms. The highest BCUT2D eigenvalue weighted by Crippen LogP contribution is 2.76. The van der Waals surface area contributed by atoms with Crippen molar-refractivity contribution < 1.29 is 4.74 Å². The fourth-order valence-corrected chi connectivity index (χ4v) is 5.96. The molecular formula is C21H31NO. The van der Waals surface area contributed by atoms with Crippen LogP contribution in [0.25, 0.3) is 0 Å². The first kappa shape index (κ1) is 15.7. The number of rotatable bonds is 1. The number of hydrogen-bond acceptors (Lipinski definition) is 2. The van der Waals surface area contributed by atoms with Gasteiger partial charge in [-0.05, 0) is 43.6 Å². The Morgan fingerprint density at radius 2 is 1.74 bits per heavy atom. The quantitative estimate of drug-likeness (QED) is 0.810. The Bertz CT molecular complexity index is 596. The molecule has 0 radical (unpaired) electrons. The maximum absolute atomic E-state index is 6.63. The first-order valence-corrected chi connectivity index (χ1v) is 9.20. The first-order valence-electron chi connectivity index (χ1n) is 9.20. The predicted molar refractivity (Wildman–Crippen MR) is 94.3 cm³/mol. The normalized spacial score (nSPS) is 37.6. The van der Waals surface area contributed by atoms with Gasteiger partial charge in [0.1, 0.15) is 5.72 Å². The zero-order valence-corrected chi connectivity index (χ0v) is 15.3. The molecule has 0 aromatic heterocycles. The molecule has 2 spiro atoms. The van der Waals surface area contributed by atoms with E-state index in [1.54, 1.807) is 0 Å². The fraction of sp³-hybridized carbons (Fsp3) is 0.714. The average molecular weight is 313 g/mol. The molecule has 1 saturated heterocycles. The molecule has 3 aliphatic rings. The van der Waals surface area contributed by atoms with E-state index in [4.69, 9.17) is 4.74 Å². The number of hydrogen-bond donors (Lipinski definition) is 1. The van der Waals surface area contributed by atoms with Crippen LogP contribution < -0.4 is 5.32 Å². The fourth-order valence-electron chi connectivity index (χ4n) is 5.96. The standard InChI is InChI=1S/C21H31NO/c1-18(2,3)17-16(15-10-7-6-8-11-15)21(20(17)12-9-13-20)22-19(4,5)14-23-21/h6-8,10-11,16-17,22H,9,12-14H2,1-5H3/t16-,17+,21+/m1/s1. The number of benzene rings is 1. The summed E-state index contributed by atoms with van der Waals surface area (Å²) in [5.41, 5.74) is 1.96. The molecule has 3 fully saturated rings. The van der Waals surface area contributed by atoms with E-state index < -0.39 is 0 Å². The summed E-state index contributed by atoms with van der Waals surface area (Å²) in [6, 6.07) is 11.1. The van der Waals surface area contributed by atoms with Gasteiger partial charge in [-0.25, -0.2) is 0 Å². The lowest BCUT2D eigenvalue weighted by Crippen LogP contribution is -2.79. The maximum Gasteiger partial charge on any atom is 0.132 e. The van der Waals surface area contributed by atoms with Crippen LogP contribution in [0.2, 0.25) is 0 Å². The van der Waals surface area contributed by atoms with Gasteiger partial charge >= 0.3 is 0 Å². The van der Waals surface area contributed by atoms with Crippen molar-refractivity contribution in [3.05, 3.63) is 35.9 Å². The van der Waals surface area contributed by atoms with Gasteiger partial charge in [-0.3, -0.25) is 5.32 Å². The van der Waals surface area contributed by atoms with Crippen molar-refractivity contribution in [1.29, 1.82) is 0 Å². The first-order chi connectivity index (χ1) is 10.7. The van der Waals surface area contributed by atoms with E-state index in [9.17, 15) is 0 Å². The molecule has 1 aromatic rings. The number of fused-ring (bicyclic) bond motifs is 1. The van der Waals surface area contributed by atoms with E-state index in [0.29, 0.717) is 22.7 Å². The smallest absolute Gasteiger partial charge is 0.132 e. The van der Waals surface area contributed by atoms with Crippen LogP contribution in [0, 0.1) is 16.7 Å². The Hall–Kier alpha value is -0.860. The molecule has 2 saturated carbocycles. The Kier molecular flexibility index (Phi) is 3.14. The summed E-state index contributed by atoms with van der Waals surface area (Å²) in [7, 11) is 0. The highest BCUT2D eigenvalue weighted by atomic mass is 16.5. The zero-order valence-electron chi connectivity index (χ0n) is 15.3. The van der Waals surface area contributed by atoms with Crippen molar-refractivity contribution in [2.45, 2.75) is 71.1 Å². The van der Waals surface area contributed by atoms with Crippen molar-refractivity contribution in [2.24, 2.45) is 16.7 Å². The van der Waals surface area contributed by atoms with Crippen molar-refractivity contribution in [3.8, 4) is 0 Å². The molecular weight excluding hydrogens is 282 g/mol. The van der Waals surface area contributed by atoms with Crippen LogP contribution in [0.4, 0.5) is 0 Å². The third-order valence-electron chi connectivity index (χ3n) is 6.63. The molecule has 23 heavy (non-hydrogen) atoms. The second-order valence-corrected chi connectivity index (χ2v) is 9.77. The summed E-state index contributed by atoms with van der Waals surface area (Å²) in [5.74, 6) is 1.12. The Morgan fingerprint density at radius 1 is 1.09 bits per heavy atom. The van der Waals surface area contributed by atoms with E-state index in [1.807, 2.05) is 0 Å². The predicted octanol–water partition coefficient (Wildman–Crippen LogP) is 4.71. The van der Waals surface area contributed by atoms with Crippen molar-refractivity contribution in [3.63, 3.8) is 0 Å². The third kappa shape index (κ3) is 1.94. The molecule has 1 aliphatic heterocycles. The molecule has 0 unspecified atom stereocenters. The van der Waals surface area contributed by atoms with Crippen LogP contribution in [0.15, 0.2) is 30.3 Å². The van der Waals surface area contributed by atoms with Crippen LogP contribution in [0.5, 0.6) is 0 Å². The Balaban J connectivity index is 1.82. The maximum atomic E-state index is 6.63. The SMILES string of the molecule is CC1(C)CO[C@@]2(N1)[C@H](c1ccccc1)[C@@H](C(C)(C)C)C21CCC1. The van der Waals surface area contributed by atoms with Gasteiger partial charge in [0.05, 0.1) is 6.61 Å².